The first kappa shape index (κ1) is 15.1. The van der Waals surface area contributed by atoms with Crippen molar-refractivity contribution in [1.82, 2.24) is 0 Å². The number of ether oxygens (including phenoxy) is 2. The quantitative estimate of drug-likeness (QED) is 0.587. The molecule has 0 atom stereocenters. The van der Waals surface area contributed by atoms with Crippen molar-refractivity contribution in [2.24, 2.45) is 0 Å². The van der Waals surface area contributed by atoms with Gasteiger partial charge in [0.1, 0.15) is 11.5 Å². The van der Waals surface area contributed by atoms with Crippen LogP contribution in [-0.4, -0.2) is 12.6 Å². The van der Waals surface area contributed by atoms with Crippen molar-refractivity contribution >= 4 is 5.97 Å². The molecule has 2 aromatic rings. The molecule has 0 spiro atoms. The molecule has 0 aromatic heterocycles. The number of aryl methyl sites for hydroxylation is 1. The highest BCUT2D eigenvalue weighted by Crippen LogP contribution is 2.17. The predicted molar refractivity (Wildman–Crippen MR) is 83.0 cm³/mol. The van der Waals surface area contributed by atoms with E-state index in [0.717, 1.165) is 18.6 Å². The fourth-order valence-corrected chi connectivity index (χ4v) is 1.87. The third kappa shape index (κ3) is 4.35. The maximum absolute atomic E-state index is 12.0. The number of carbonyl (C=O) groups excluding carboxylic acids is 1. The third-order valence-electron chi connectivity index (χ3n) is 3.11. The first-order chi connectivity index (χ1) is 10.2. The third-order valence-corrected chi connectivity index (χ3v) is 3.11. The van der Waals surface area contributed by atoms with Gasteiger partial charge in [0.25, 0.3) is 0 Å². The van der Waals surface area contributed by atoms with Crippen molar-refractivity contribution in [3.8, 4) is 11.5 Å². The lowest BCUT2D eigenvalue weighted by Gasteiger charge is -2.07. The number of carbonyl (C=O) groups is 1. The number of esters is 1. The topological polar surface area (TPSA) is 35.5 Å². The van der Waals surface area contributed by atoms with Crippen molar-refractivity contribution in [2.45, 2.75) is 26.7 Å². The summed E-state index contributed by atoms with van der Waals surface area (Å²) in [5, 5.41) is 0. The standard InChI is InChI=1S/C18H20O3/c1-3-13-20-16-11-7-15(8-12-16)18(19)21-17-9-5-14(4-2)6-10-17/h5-12H,3-4,13H2,1-2H3. The molecule has 0 radical (unpaired) electrons. The Kier molecular flexibility index (Phi) is 5.38. The Morgan fingerprint density at radius 1 is 0.905 bits per heavy atom. The Morgan fingerprint density at radius 2 is 1.52 bits per heavy atom. The van der Waals surface area contributed by atoms with Gasteiger partial charge in [-0.05, 0) is 54.8 Å². The Hall–Kier alpha value is -2.29. The largest absolute Gasteiger partial charge is 0.494 e. The highest BCUT2D eigenvalue weighted by Gasteiger charge is 2.08. The van der Waals surface area contributed by atoms with Gasteiger partial charge in [0.2, 0.25) is 0 Å². The van der Waals surface area contributed by atoms with Crippen molar-refractivity contribution < 1.29 is 14.3 Å². The Morgan fingerprint density at radius 3 is 2.10 bits per heavy atom. The van der Waals surface area contributed by atoms with Gasteiger partial charge in [0.15, 0.2) is 0 Å². The van der Waals surface area contributed by atoms with Crippen LogP contribution in [0.3, 0.4) is 0 Å². The summed E-state index contributed by atoms with van der Waals surface area (Å²) < 4.78 is 10.8. The minimum Gasteiger partial charge on any atom is -0.494 e. The molecule has 0 amide bonds. The van der Waals surface area contributed by atoms with E-state index in [1.54, 1.807) is 24.3 Å². The van der Waals surface area contributed by atoms with E-state index < -0.39 is 0 Å². The number of rotatable bonds is 6. The maximum atomic E-state index is 12.0. The van der Waals surface area contributed by atoms with E-state index in [2.05, 4.69) is 13.8 Å². The van der Waals surface area contributed by atoms with Crippen LogP contribution in [0, 0.1) is 0 Å². The molecule has 3 heteroatoms. The lowest BCUT2D eigenvalue weighted by Crippen LogP contribution is -2.08. The van der Waals surface area contributed by atoms with E-state index in [-0.39, 0.29) is 5.97 Å². The van der Waals surface area contributed by atoms with Crippen LogP contribution in [0.4, 0.5) is 0 Å². The van der Waals surface area contributed by atoms with Crippen LogP contribution in [-0.2, 0) is 6.42 Å². The van der Waals surface area contributed by atoms with E-state index in [4.69, 9.17) is 9.47 Å². The van der Waals surface area contributed by atoms with Crippen LogP contribution >= 0.6 is 0 Å². The second kappa shape index (κ2) is 7.48. The fourth-order valence-electron chi connectivity index (χ4n) is 1.87. The average molecular weight is 284 g/mol. The summed E-state index contributed by atoms with van der Waals surface area (Å²) in [7, 11) is 0. The number of hydrogen-bond donors (Lipinski definition) is 0. The minimum atomic E-state index is -0.360. The zero-order chi connectivity index (χ0) is 15.1. The van der Waals surface area contributed by atoms with Gasteiger partial charge in [-0.1, -0.05) is 26.0 Å². The van der Waals surface area contributed by atoms with Crippen LogP contribution in [0.25, 0.3) is 0 Å². The van der Waals surface area contributed by atoms with Gasteiger partial charge in [-0.3, -0.25) is 0 Å². The zero-order valence-electron chi connectivity index (χ0n) is 12.5. The van der Waals surface area contributed by atoms with E-state index in [1.165, 1.54) is 5.56 Å². The molecule has 0 unspecified atom stereocenters. The summed E-state index contributed by atoms with van der Waals surface area (Å²) in [5.41, 5.74) is 1.73. The highest BCUT2D eigenvalue weighted by molar-refractivity contribution is 5.91. The molecule has 0 N–H and O–H groups in total. The molecule has 0 bridgehead atoms. The monoisotopic (exact) mass is 284 g/mol. The first-order valence-corrected chi connectivity index (χ1v) is 7.27. The summed E-state index contributed by atoms with van der Waals surface area (Å²) in [6.07, 6.45) is 1.92. The molecule has 0 fully saturated rings. The first-order valence-electron chi connectivity index (χ1n) is 7.27. The Labute approximate surface area is 125 Å². The number of hydrogen-bond acceptors (Lipinski definition) is 3. The second-order valence-corrected chi connectivity index (χ2v) is 4.76. The van der Waals surface area contributed by atoms with Crippen LogP contribution in [0.1, 0.15) is 36.2 Å². The summed E-state index contributed by atoms with van der Waals surface area (Å²) in [5.74, 6) is 0.963. The van der Waals surface area contributed by atoms with Gasteiger partial charge in [0.05, 0.1) is 12.2 Å². The Balaban J connectivity index is 1.98. The fraction of sp³-hybridized carbons (Fsp3) is 0.278. The van der Waals surface area contributed by atoms with Crippen LogP contribution in [0.2, 0.25) is 0 Å². The molecular weight excluding hydrogens is 264 g/mol. The smallest absolute Gasteiger partial charge is 0.343 e. The van der Waals surface area contributed by atoms with Crippen LogP contribution in [0.5, 0.6) is 11.5 Å². The van der Waals surface area contributed by atoms with Gasteiger partial charge < -0.3 is 9.47 Å². The zero-order valence-corrected chi connectivity index (χ0v) is 12.5. The van der Waals surface area contributed by atoms with Gasteiger partial charge in [-0.2, -0.15) is 0 Å². The molecule has 0 aliphatic heterocycles. The molecule has 3 nitrogen and oxygen atoms in total. The molecule has 21 heavy (non-hydrogen) atoms. The predicted octanol–water partition coefficient (Wildman–Crippen LogP) is 4.26. The molecule has 2 aromatic carbocycles. The van der Waals surface area contributed by atoms with E-state index in [0.29, 0.717) is 17.9 Å². The van der Waals surface area contributed by atoms with E-state index in [1.807, 2.05) is 24.3 Å². The van der Waals surface area contributed by atoms with Crippen LogP contribution in [0.15, 0.2) is 48.5 Å². The van der Waals surface area contributed by atoms with Gasteiger partial charge in [-0.15, -0.1) is 0 Å². The highest BCUT2D eigenvalue weighted by atomic mass is 16.5. The lowest BCUT2D eigenvalue weighted by atomic mass is 10.2. The van der Waals surface area contributed by atoms with E-state index in [9.17, 15) is 4.79 Å². The molecule has 0 heterocycles. The minimum absolute atomic E-state index is 0.360. The average Bonchev–Trinajstić information content (AvgIpc) is 2.54. The normalized spacial score (nSPS) is 10.2. The molecule has 0 aliphatic rings. The van der Waals surface area contributed by atoms with Crippen molar-refractivity contribution in [1.29, 1.82) is 0 Å². The number of benzene rings is 2. The van der Waals surface area contributed by atoms with Crippen molar-refractivity contribution in [2.75, 3.05) is 6.61 Å². The van der Waals surface area contributed by atoms with Crippen molar-refractivity contribution in [3.05, 3.63) is 59.7 Å². The van der Waals surface area contributed by atoms with Crippen LogP contribution < -0.4 is 9.47 Å². The summed E-state index contributed by atoms with van der Waals surface area (Å²) in [6, 6.07) is 14.6. The molecule has 2 rings (SSSR count). The summed E-state index contributed by atoms with van der Waals surface area (Å²) in [4.78, 5) is 12.0. The lowest BCUT2D eigenvalue weighted by molar-refractivity contribution is 0.0734. The van der Waals surface area contributed by atoms with E-state index >= 15 is 0 Å². The van der Waals surface area contributed by atoms with Gasteiger partial charge >= 0.3 is 5.97 Å². The Bertz CT molecular complexity index is 570. The molecule has 0 saturated heterocycles. The summed E-state index contributed by atoms with van der Waals surface area (Å²) >= 11 is 0. The molecule has 110 valence electrons. The second-order valence-electron chi connectivity index (χ2n) is 4.76. The van der Waals surface area contributed by atoms with Gasteiger partial charge in [-0.25, -0.2) is 4.79 Å². The molecular formula is C18H20O3. The van der Waals surface area contributed by atoms with Crippen molar-refractivity contribution in [3.63, 3.8) is 0 Å². The summed E-state index contributed by atoms with van der Waals surface area (Å²) in [6.45, 7) is 4.81. The molecule has 0 aliphatic carbocycles. The molecule has 0 saturated carbocycles. The SMILES string of the molecule is CCCOc1ccc(C(=O)Oc2ccc(CC)cc2)cc1. The maximum Gasteiger partial charge on any atom is 0.343 e. The van der Waals surface area contributed by atoms with Gasteiger partial charge in [0, 0.05) is 0 Å².